The molecule has 0 spiro atoms. The second kappa shape index (κ2) is 22.9. The molecule has 0 aromatic carbocycles. The average molecular weight is 807 g/mol. The third-order valence-corrected chi connectivity index (χ3v) is 9.78. The summed E-state index contributed by atoms with van der Waals surface area (Å²) in [5, 5.41) is 0. The summed E-state index contributed by atoms with van der Waals surface area (Å²) in [6.45, 7) is 9.95. The molecule has 0 radical (unpaired) electrons. The summed E-state index contributed by atoms with van der Waals surface area (Å²) in [6.07, 6.45) is 16.7. The van der Waals surface area contributed by atoms with Crippen molar-refractivity contribution < 1.29 is 42.9 Å². The second-order valence-electron chi connectivity index (χ2n) is 15.0. The van der Waals surface area contributed by atoms with Gasteiger partial charge in [0, 0.05) is 50.7 Å². The number of halogens is 2. The van der Waals surface area contributed by atoms with Gasteiger partial charge in [-0.2, -0.15) is 0 Å². The summed E-state index contributed by atoms with van der Waals surface area (Å²) in [6, 6.07) is 3.09. The Kier molecular flexibility index (Phi) is 22.0. The maximum atomic E-state index is 12.3. The number of aromatic nitrogens is 4. The van der Waals surface area contributed by atoms with Crippen molar-refractivity contribution in [3.8, 4) is 0 Å². The van der Waals surface area contributed by atoms with Crippen LogP contribution in [-0.4, -0.2) is 81.6 Å². The van der Waals surface area contributed by atoms with Gasteiger partial charge in [0.15, 0.2) is 0 Å². The lowest BCUT2D eigenvalue weighted by Crippen LogP contribution is -3.00. The van der Waals surface area contributed by atoms with Gasteiger partial charge in [0.25, 0.3) is 11.1 Å². The van der Waals surface area contributed by atoms with Gasteiger partial charge in [0.2, 0.25) is 0 Å². The minimum absolute atomic E-state index is 0. The molecule has 10 nitrogen and oxygen atoms in total. The summed E-state index contributed by atoms with van der Waals surface area (Å²) in [5.41, 5.74) is 0.614. The van der Waals surface area contributed by atoms with E-state index in [4.69, 9.17) is 0 Å². The summed E-state index contributed by atoms with van der Waals surface area (Å²) in [5.74, 6) is 0. The zero-order valence-corrected chi connectivity index (χ0v) is 34.5. The molecule has 0 saturated heterocycles. The first-order chi connectivity index (χ1) is 21.6. The molecule has 0 aliphatic heterocycles. The first-order valence-corrected chi connectivity index (χ1v) is 17.8. The van der Waals surface area contributed by atoms with Crippen LogP contribution in [0.5, 0.6) is 0 Å². The third kappa shape index (κ3) is 16.3. The fraction of sp³-hybridized carbons (Fsp3) is 0.778. The molecule has 2 heterocycles. The Morgan fingerprint density at radius 3 is 1.00 bits per heavy atom. The smallest absolute Gasteiger partial charge is 0.330 e. The quantitative estimate of drug-likeness (QED) is 0.0997. The van der Waals surface area contributed by atoms with Crippen molar-refractivity contribution in [1.82, 2.24) is 18.3 Å². The van der Waals surface area contributed by atoms with Crippen LogP contribution >= 0.6 is 0 Å². The van der Waals surface area contributed by atoms with Crippen LogP contribution in [0.2, 0.25) is 0 Å². The molecule has 0 aliphatic rings. The Hall–Kier alpha value is -1.76. The van der Waals surface area contributed by atoms with Gasteiger partial charge in [-0.05, 0) is 78.1 Å². The van der Waals surface area contributed by atoms with Gasteiger partial charge in [-0.3, -0.25) is 27.9 Å². The molecule has 0 atom stereocenters. The maximum absolute atomic E-state index is 12.3. The fourth-order valence-corrected chi connectivity index (χ4v) is 6.44. The van der Waals surface area contributed by atoms with Crippen molar-refractivity contribution in [2.75, 3.05) is 54.4 Å². The van der Waals surface area contributed by atoms with Crippen molar-refractivity contribution in [3.63, 3.8) is 0 Å². The fourth-order valence-electron chi connectivity index (χ4n) is 6.44. The van der Waals surface area contributed by atoms with Crippen LogP contribution in [0.3, 0.4) is 0 Å². The number of rotatable bonds is 23. The number of nitrogens with zero attached hydrogens (tertiary/aromatic N) is 6. The van der Waals surface area contributed by atoms with E-state index in [1.807, 2.05) is 13.8 Å². The van der Waals surface area contributed by atoms with Crippen molar-refractivity contribution in [2.24, 2.45) is 14.1 Å². The van der Waals surface area contributed by atoms with Crippen molar-refractivity contribution in [3.05, 3.63) is 65.2 Å². The summed E-state index contributed by atoms with van der Waals surface area (Å²) >= 11 is 0. The van der Waals surface area contributed by atoms with Gasteiger partial charge >= 0.3 is 11.4 Å². The molecule has 0 bridgehead atoms. The van der Waals surface area contributed by atoms with Crippen LogP contribution in [0.1, 0.15) is 101 Å². The summed E-state index contributed by atoms with van der Waals surface area (Å²) in [4.78, 5) is 48.1. The Balaban J connectivity index is 0.0000110. The third-order valence-electron chi connectivity index (χ3n) is 9.78. The molecule has 0 fully saturated rings. The molecule has 0 aliphatic carbocycles. The molecule has 0 saturated carbocycles. The molecular weight excluding hydrogens is 740 g/mol. The second-order valence-corrected chi connectivity index (χ2v) is 15.0. The van der Waals surface area contributed by atoms with E-state index in [9.17, 15) is 19.2 Å². The predicted octanol–water partition coefficient (Wildman–Crippen LogP) is -1.65. The van der Waals surface area contributed by atoms with Gasteiger partial charge in [-0.1, -0.05) is 25.7 Å². The minimum Gasteiger partial charge on any atom is -1.00 e. The molecule has 278 valence electrons. The normalized spacial score (nSPS) is 11.8. The van der Waals surface area contributed by atoms with Gasteiger partial charge in [-0.15, -0.1) is 0 Å². The van der Waals surface area contributed by atoms with Gasteiger partial charge in [-0.25, -0.2) is 9.59 Å². The van der Waals surface area contributed by atoms with Crippen LogP contribution in [0.25, 0.3) is 0 Å². The predicted molar refractivity (Wildman–Crippen MR) is 190 cm³/mol. The molecule has 0 amide bonds. The van der Waals surface area contributed by atoms with Crippen LogP contribution in [0.15, 0.2) is 31.3 Å². The highest BCUT2D eigenvalue weighted by molar-refractivity contribution is 5.00. The molecule has 2 aromatic rings. The molecule has 0 unspecified atom stereocenters. The largest absolute Gasteiger partial charge is 1.00 e. The van der Waals surface area contributed by atoms with E-state index in [2.05, 4.69) is 28.2 Å². The number of quaternary nitrogens is 2. The standard InChI is InChI=1S/C36H66N6O4.2BrH/c1-31-29-33(43)37(3)35(45)39(31)23-17-11-9-13-19-25-41(5,6)27-21-15-16-22-28-42(7,8)26-20-14-10-12-18-24-40-32(2)30-34(44)38(4)36(40)46;;/h29-30H,9-28H2,1-8H3;2*1H/q+2;;/p-2. The number of unbranched alkanes of at least 4 members (excludes halogenated alkanes) is 11. The SMILES string of the molecule is Cc1cc(=O)n(C)c(=O)n1CCCCCCC[N+](C)(C)CCCCCC[N+](C)(C)CCCCCCCn1c(C)cc(=O)n(C)c1=O.[Br-].[Br-]. The van der Waals surface area contributed by atoms with Crippen LogP contribution in [0, 0.1) is 13.8 Å². The monoisotopic (exact) mass is 804 g/mol. The molecule has 12 heteroatoms. The molecule has 0 N–H and O–H groups in total. The van der Waals surface area contributed by atoms with Gasteiger partial charge in [0.05, 0.1) is 54.4 Å². The average Bonchev–Trinajstić information content (AvgIpc) is 2.98. The first-order valence-electron chi connectivity index (χ1n) is 17.8. The molecule has 48 heavy (non-hydrogen) atoms. The lowest BCUT2D eigenvalue weighted by atomic mass is 10.1. The Morgan fingerprint density at radius 1 is 0.458 bits per heavy atom. The summed E-state index contributed by atoms with van der Waals surface area (Å²) in [7, 11) is 12.5. The Labute approximate surface area is 310 Å². The van der Waals surface area contributed by atoms with E-state index in [1.165, 1.54) is 99.5 Å². The molecular formula is C36H66Br2N6O4. The highest BCUT2D eigenvalue weighted by Crippen LogP contribution is 2.13. The van der Waals surface area contributed by atoms with Crippen molar-refractivity contribution >= 4 is 0 Å². The van der Waals surface area contributed by atoms with E-state index in [1.54, 1.807) is 35.4 Å². The Morgan fingerprint density at radius 2 is 0.708 bits per heavy atom. The Bertz CT molecular complexity index is 1350. The van der Waals surface area contributed by atoms with Crippen LogP contribution in [-0.2, 0) is 27.2 Å². The lowest BCUT2D eigenvalue weighted by molar-refractivity contribution is -0.891. The molecule has 2 rings (SSSR count). The topological polar surface area (TPSA) is 88.0 Å². The van der Waals surface area contributed by atoms with Crippen molar-refractivity contribution in [1.29, 1.82) is 0 Å². The summed E-state index contributed by atoms with van der Waals surface area (Å²) < 4.78 is 8.00. The van der Waals surface area contributed by atoms with E-state index in [-0.39, 0.29) is 56.5 Å². The number of hydrogen-bond donors (Lipinski definition) is 0. The minimum atomic E-state index is -0.234. The number of aryl methyl sites for hydroxylation is 2. The van der Waals surface area contributed by atoms with E-state index < -0.39 is 0 Å². The van der Waals surface area contributed by atoms with E-state index in [0.29, 0.717) is 13.1 Å². The van der Waals surface area contributed by atoms with E-state index in [0.717, 1.165) is 46.0 Å². The van der Waals surface area contributed by atoms with Gasteiger partial charge < -0.3 is 42.9 Å². The highest BCUT2D eigenvalue weighted by atomic mass is 79.9. The number of hydrogen-bond acceptors (Lipinski definition) is 4. The van der Waals surface area contributed by atoms with Crippen LogP contribution in [0.4, 0.5) is 0 Å². The zero-order valence-electron chi connectivity index (χ0n) is 31.4. The van der Waals surface area contributed by atoms with Crippen LogP contribution < -0.4 is 56.5 Å². The lowest BCUT2D eigenvalue weighted by Gasteiger charge is -2.31. The highest BCUT2D eigenvalue weighted by Gasteiger charge is 2.16. The van der Waals surface area contributed by atoms with Gasteiger partial charge in [0.1, 0.15) is 0 Å². The first kappa shape index (κ1) is 46.2. The molecule has 2 aromatic heterocycles. The van der Waals surface area contributed by atoms with E-state index >= 15 is 0 Å². The maximum Gasteiger partial charge on any atom is 0.330 e. The van der Waals surface area contributed by atoms with Crippen molar-refractivity contribution in [2.45, 2.75) is 117 Å². The zero-order chi connectivity index (χ0) is 34.3.